The molecular weight excluding hydrogens is 142 g/mol. The normalized spacial score (nSPS) is 12.5. The van der Waals surface area contributed by atoms with Gasteiger partial charge in [-0.3, -0.25) is 0 Å². The number of nitrogens with zero attached hydrogens (tertiary/aromatic N) is 1. The second-order valence-corrected chi connectivity index (χ2v) is 8.85. The van der Waals surface area contributed by atoms with E-state index in [-0.39, 0.29) is 5.04 Å². The Kier molecular flexibility index (Phi) is 2.58. The highest BCUT2D eigenvalue weighted by Crippen LogP contribution is 2.36. The molecule has 0 N–H and O–H groups in total. The molecule has 10 heavy (non-hydrogen) atoms. The van der Waals surface area contributed by atoms with Gasteiger partial charge in [-0.1, -0.05) is 20.8 Å². The van der Waals surface area contributed by atoms with Gasteiger partial charge in [0.2, 0.25) is 6.08 Å². The van der Waals surface area contributed by atoms with Crippen LogP contribution in [-0.2, 0) is 4.79 Å². The largest absolute Gasteiger partial charge is 0.247 e. The van der Waals surface area contributed by atoms with Crippen molar-refractivity contribution in [2.45, 2.75) is 38.9 Å². The maximum Gasteiger partial charge on any atom is 0.224 e. The van der Waals surface area contributed by atoms with Gasteiger partial charge in [0.1, 0.15) is 0 Å². The Labute approximate surface area is 63.4 Å². The number of isocyanates is 1. The Morgan fingerprint density at radius 1 is 1.30 bits per heavy atom. The first-order chi connectivity index (χ1) is 4.31. The molecule has 0 aromatic heterocycles. The molecule has 0 aromatic rings. The van der Waals surface area contributed by atoms with Crippen molar-refractivity contribution in [3.8, 4) is 0 Å². The molecule has 0 fully saturated rings. The molecule has 0 aliphatic heterocycles. The van der Waals surface area contributed by atoms with Gasteiger partial charge >= 0.3 is 0 Å². The van der Waals surface area contributed by atoms with E-state index in [2.05, 4.69) is 38.5 Å². The van der Waals surface area contributed by atoms with Crippen molar-refractivity contribution in [3.63, 3.8) is 0 Å². The number of hydrogen-bond acceptors (Lipinski definition) is 2. The summed E-state index contributed by atoms with van der Waals surface area (Å²) in [4.78, 5) is 10.0. The average molecular weight is 157 g/mol. The summed E-state index contributed by atoms with van der Waals surface area (Å²) >= 11 is 0. The molecule has 0 radical (unpaired) electrons. The molecule has 2 nitrogen and oxygen atoms in total. The predicted molar refractivity (Wildman–Crippen MR) is 45.3 cm³/mol. The molecule has 58 valence electrons. The van der Waals surface area contributed by atoms with E-state index in [9.17, 15) is 4.79 Å². The highest BCUT2D eigenvalue weighted by atomic mass is 28.3. The van der Waals surface area contributed by atoms with Crippen LogP contribution in [0.2, 0.25) is 18.1 Å². The highest BCUT2D eigenvalue weighted by Gasteiger charge is 2.35. The first-order valence-corrected chi connectivity index (χ1v) is 6.35. The van der Waals surface area contributed by atoms with Crippen molar-refractivity contribution < 1.29 is 4.79 Å². The molecule has 0 spiro atoms. The van der Waals surface area contributed by atoms with Crippen LogP contribution in [0.1, 0.15) is 20.8 Å². The Balaban J connectivity index is 4.56. The minimum Gasteiger partial charge on any atom is -0.247 e. The maximum absolute atomic E-state index is 10.0. The molecule has 3 heteroatoms. The topological polar surface area (TPSA) is 29.4 Å². The van der Waals surface area contributed by atoms with E-state index in [0.717, 1.165) is 0 Å². The van der Waals surface area contributed by atoms with Crippen molar-refractivity contribution in [1.82, 2.24) is 0 Å². The lowest BCUT2D eigenvalue weighted by Crippen LogP contribution is -2.34. The molecule has 0 atom stereocenters. The zero-order valence-corrected chi connectivity index (χ0v) is 8.36. The smallest absolute Gasteiger partial charge is 0.224 e. The summed E-state index contributed by atoms with van der Waals surface area (Å²) in [6.07, 6.45) is 1.65. The lowest BCUT2D eigenvalue weighted by Gasteiger charge is -2.30. The molecule has 0 heterocycles. The fourth-order valence-electron chi connectivity index (χ4n) is 0.282. The van der Waals surface area contributed by atoms with Gasteiger partial charge in [-0.05, 0) is 18.1 Å². The molecule has 0 aromatic carbocycles. The molecule has 0 rings (SSSR count). The summed E-state index contributed by atoms with van der Waals surface area (Å²) < 4.78 is 3.86. The molecule has 0 aliphatic carbocycles. The average Bonchev–Trinajstić information content (AvgIpc) is 1.61. The quantitative estimate of drug-likeness (QED) is 0.326. The Bertz CT molecular complexity index is 163. The van der Waals surface area contributed by atoms with Gasteiger partial charge in [0.15, 0.2) is 8.24 Å². The van der Waals surface area contributed by atoms with Crippen LogP contribution in [0.15, 0.2) is 4.66 Å². The zero-order valence-electron chi connectivity index (χ0n) is 7.36. The Morgan fingerprint density at radius 2 is 1.70 bits per heavy atom. The Morgan fingerprint density at radius 3 is 1.80 bits per heavy atom. The third-order valence-corrected chi connectivity index (χ3v) is 6.48. The third kappa shape index (κ3) is 2.08. The van der Waals surface area contributed by atoms with E-state index in [4.69, 9.17) is 0 Å². The van der Waals surface area contributed by atoms with Crippen molar-refractivity contribution in [1.29, 1.82) is 0 Å². The summed E-state index contributed by atoms with van der Waals surface area (Å²) in [6, 6.07) is 0. The lowest BCUT2D eigenvalue weighted by atomic mass is 10.2. The minimum absolute atomic E-state index is 0.157. The summed E-state index contributed by atoms with van der Waals surface area (Å²) in [7, 11) is -1.70. The van der Waals surface area contributed by atoms with Gasteiger partial charge in [0.25, 0.3) is 0 Å². The van der Waals surface area contributed by atoms with Crippen molar-refractivity contribution in [3.05, 3.63) is 0 Å². The number of hydrogen-bond donors (Lipinski definition) is 0. The first kappa shape index (κ1) is 9.60. The fourth-order valence-corrected chi connectivity index (χ4v) is 0.845. The summed E-state index contributed by atoms with van der Waals surface area (Å²) in [6.45, 7) is 10.5. The van der Waals surface area contributed by atoms with Crippen LogP contribution >= 0.6 is 0 Å². The summed E-state index contributed by atoms with van der Waals surface area (Å²) in [5.41, 5.74) is 0. The monoisotopic (exact) mass is 157 g/mol. The molecular formula is C7H15NOSi. The number of rotatable bonds is 1. The standard InChI is InChI=1S/C7H15NOSi/c1-7(2,3)10(4,5)8-6-9/h1-5H3. The van der Waals surface area contributed by atoms with Crippen molar-refractivity contribution in [2.75, 3.05) is 0 Å². The fraction of sp³-hybridized carbons (Fsp3) is 0.857. The summed E-state index contributed by atoms with van der Waals surface area (Å²) in [5, 5.41) is 0.157. The van der Waals surface area contributed by atoms with E-state index >= 15 is 0 Å². The SMILES string of the molecule is CC(C)(C)[Si](C)(C)N=C=O. The van der Waals surface area contributed by atoms with E-state index in [1.165, 1.54) is 0 Å². The van der Waals surface area contributed by atoms with E-state index in [0.29, 0.717) is 0 Å². The van der Waals surface area contributed by atoms with Crippen molar-refractivity contribution in [2.24, 2.45) is 4.66 Å². The van der Waals surface area contributed by atoms with E-state index in [1.807, 2.05) is 0 Å². The second-order valence-electron chi connectivity index (χ2n) is 4.01. The zero-order chi connectivity index (χ0) is 8.41. The van der Waals surface area contributed by atoms with Crippen molar-refractivity contribution >= 4 is 14.3 Å². The van der Waals surface area contributed by atoms with Crippen LogP contribution < -0.4 is 0 Å². The van der Waals surface area contributed by atoms with Gasteiger partial charge in [0.05, 0.1) is 0 Å². The van der Waals surface area contributed by atoms with Crippen LogP contribution in [0.25, 0.3) is 0 Å². The Hall–Kier alpha value is -0.403. The van der Waals surface area contributed by atoms with Gasteiger partial charge < -0.3 is 0 Å². The van der Waals surface area contributed by atoms with Gasteiger partial charge in [-0.15, -0.1) is 0 Å². The molecule has 0 saturated carbocycles. The van der Waals surface area contributed by atoms with Gasteiger partial charge in [-0.2, -0.15) is 0 Å². The van der Waals surface area contributed by atoms with E-state index < -0.39 is 8.24 Å². The highest BCUT2D eigenvalue weighted by molar-refractivity contribution is 6.79. The summed E-state index contributed by atoms with van der Waals surface area (Å²) in [5.74, 6) is 0. The number of carbonyl (C=O) groups excluding carboxylic acids is 1. The van der Waals surface area contributed by atoms with E-state index in [1.54, 1.807) is 6.08 Å². The molecule has 0 aliphatic rings. The third-order valence-electron chi connectivity index (χ3n) is 2.16. The molecule has 0 amide bonds. The van der Waals surface area contributed by atoms with Crippen LogP contribution in [0, 0.1) is 0 Å². The molecule has 0 saturated heterocycles. The maximum atomic E-state index is 10.0. The second kappa shape index (κ2) is 2.68. The molecule has 0 bridgehead atoms. The molecule has 0 unspecified atom stereocenters. The van der Waals surface area contributed by atoms with Crippen LogP contribution in [0.5, 0.6) is 0 Å². The van der Waals surface area contributed by atoms with Crippen LogP contribution in [0.4, 0.5) is 0 Å². The van der Waals surface area contributed by atoms with Crippen LogP contribution in [0.3, 0.4) is 0 Å². The van der Waals surface area contributed by atoms with Gasteiger partial charge in [0, 0.05) is 0 Å². The van der Waals surface area contributed by atoms with Gasteiger partial charge in [-0.25, -0.2) is 9.45 Å². The van der Waals surface area contributed by atoms with Crippen LogP contribution in [-0.4, -0.2) is 14.3 Å². The minimum atomic E-state index is -1.70. The predicted octanol–water partition coefficient (Wildman–Crippen LogP) is 2.33. The lowest BCUT2D eigenvalue weighted by molar-refractivity contribution is 0.565. The first-order valence-electron chi connectivity index (χ1n) is 3.40.